The van der Waals surface area contributed by atoms with Crippen LogP contribution in [0, 0.1) is 11.3 Å². The van der Waals surface area contributed by atoms with Crippen molar-refractivity contribution in [1.29, 1.82) is 5.41 Å². The minimum atomic E-state index is -0.108. The first-order valence-electron chi connectivity index (χ1n) is 8.69. The zero-order valence-corrected chi connectivity index (χ0v) is 14.7. The SMILES string of the molecule is COC(=O)[C@H]1CC[C@H](Nc2ccc(-c3ccc(C(=N)N)cc3)nn2)CC1. The number of nitrogens with one attached hydrogen (secondary N) is 2. The highest BCUT2D eigenvalue weighted by Gasteiger charge is 2.26. The zero-order chi connectivity index (χ0) is 18.5. The Labute approximate surface area is 152 Å². The van der Waals surface area contributed by atoms with Crippen LogP contribution in [0.2, 0.25) is 0 Å². The second kappa shape index (κ2) is 7.95. The standard InChI is InChI=1S/C19H23N5O2/c1-26-19(25)14-6-8-15(9-7-14)22-17-11-10-16(23-24-17)12-2-4-13(5-3-12)18(20)21/h2-5,10-11,14-15H,6-9H2,1H3,(H3,20,21)(H,22,24)/t14-,15-. The molecule has 4 N–H and O–H groups in total. The first-order valence-corrected chi connectivity index (χ1v) is 8.69. The number of rotatable bonds is 5. The number of benzene rings is 1. The van der Waals surface area contributed by atoms with E-state index in [2.05, 4.69) is 15.5 Å². The molecule has 1 aliphatic rings. The molecule has 0 amide bonds. The molecule has 2 aromatic rings. The van der Waals surface area contributed by atoms with Crippen LogP contribution >= 0.6 is 0 Å². The van der Waals surface area contributed by atoms with Crippen molar-refractivity contribution in [3.63, 3.8) is 0 Å². The number of esters is 1. The lowest BCUT2D eigenvalue weighted by molar-refractivity contribution is -0.146. The van der Waals surface area contributed by atoms with Crippen molar-refractivity contribution in [2.24, 2.45) is 11.7 Å². The lowest BCUT2D eigenvalue weighted by atomic mass is 9.86. The second-order valence-corrected chi connectivity index (χ2v) is 6.51. The summed E-state index contributed by atoms with van der Waals surface area (Å²) in [7, 11) is 1.44. The molecule has 1 aliphatic carbocycles. The maximum atomic E-state index is 11.6. The Morgan fingerprint density at radius 2 is 1.81 bits per heavy atom. The highest BCUT2D eigenvalue weighted by Crippen LogP contribution is 2.27. The fraction of sp³-hybridized carbons (Fsp3) is 0.368. The number of nitrogen functional groups attached to an aromatic ring is 1. The van der Waals surface area contributed by atoms with Crippen molar-refractivity contribution in [2.75, 3.05) is 12.4 Å². The molecule has 0 saturated heterocycles. The molecule has 1 heterocycles. The Kier molecular flexibility index (Phi) is 5.46. The molecule has 0 radical (unpaired) electrons. The predicted molar refractivity (Wildman–Crippen MR) is 99.9 cm³/mol. The largest absolute Gasteiger partial charge is 0.469 e. The Morgan fingerprint density at radius 1 is 1.12 bits per heavy atom. The van der Waals surface area contributed by atoms with Gasteiger partial charge in [-0.15, -0.1) is 10.2 Å². The van der Waals surface area contributed by atoms with Crippen LogP contribution in [0.1, 0.15) is 31.2 Å². The number of carbonyl (C=O) groups excluding carboxylic acids is 1. The summed E-state index contributed by atoms with van der Waals surface area (Å²) in [6.45, 7) is 0. The number of aromatic nitrogens is 2. The van der Waals surface area contributed by atoms with Gasteiger partial charge in [0.05, 0.1) is 18.7 Å². The molecular formula is C19H23N5O2. The van der Waals surface area contributed by atoms with E-state index in [0.717, 1.165) is 42.8 Å². The summed E-state index contributed by atoms with van der Waals surface area (Å²) >= 11 is 0. The normalized spacial score (nSPS) is 19.6. The van der Waals surface area contributed by atoms with Crippen LogP contribution in [0.3, 0.4) is 0 Å². The van der Waals surface area contributed by atoms with Crippen molar-refractivity contribution in [3.8, 4) is 11.3 Å². The van der Waals surface area contributed by atoms with E-state index in [0.29, 0.717) is 11.6 Å². The summed E-state index contributed by atoms with van der Waals surface area (Å²) in [6.07, 6.45) is 3.49. The maximum absolute atomic E-state index is 11.6. The van der Waals surface area contributed by atoms with Gasteiger partial charge in [0.1, 0.15) is 11.7 Å². The third kappa shape index (κ3) is 4.17. The van der Waals surface area contributed by atoms with Gasteiger partial charge in [0.2, 0.25) is 0 Å². The van der Waals surface area contributed by atoms with Gasteiger partial charge < -0.3 is 15.8 Å². The van der Waals surface area contributed by atoms with Crippen LogP contribution < -0.4 is 11.1 Å². The Balaban J connectivity index is 1.58. The minimum Gasteiger partial charge on any atom is -0.469 e. The average Bonchev–Trinajstić information content (AvgIpc) is 2.68. The van der Waals surface area contributed by atoms with Gasteiger partial charge >= 0.3 is 5.97 Å². The summed E-state index contributed by atoms with van der Waals surface area (Å²) < 4.78 is 4.82. The second-order valence-electron chi connectivity index (χ2n) is 6.51. The van der Waals surface area contributed by atoms with E-state index in [9.17, 15) is 4.79 Å². The van der Waals surface area contributed by atoms with Crippen molar-refractivity contribution in [3.05, 3.63) is 42.0 Å². The van der Waals surface area contributed by atoms with Crippen molar-refractivity contribution >= 4 is 17.6 Å². The monoisotopic (exact) mass is 353 g/mol. The number of nitrogens with two attached hydrogens (primary N) is 1. The third-order valence-corrected chi connectivity index (χ3v) is 4.77. The Bertz CT molecular complexity index is 766. The molecule has 26 heavy (non-hydrogen) atoms. The fourth-order valence-corrected chi connectivity index (χ4v) is 3.23. The topological polar surface area (TPSA) is 114 Å². The molecule has 0 atom stereocenters. The molecule has 0 aliphatic heterocycles. The lowest BCUT2D eigenvalue weighted by Gasteiger charge is -2.27. The first-order chi connectivity index (χ1) is 12.6. The van der Waals surface area contributed by atoms with Gasteiger partial charge in [0.25, 0.3) is 0 Å². The summed E-state index contributed by atoms with van der Waals surface area (Å²) in [6, 6.07) is 11.5. The van der Waals surface area contributed by atoms with Crippen LogP contribution in [0.5, 0.6) is 0 Å². The lowest BCUT2D eigenvalue weighted by Crippen LogP contribution is -2.30. The average molecular weight is 353 g/mol. The van der Waals surface area contributed by atoms with E-state index in [-0.39, 0.29) is 17.7 Å². The highest BCUT2D eigenvalue weighted by atomic mass is 16.5. The number of amidine groups is 1. The number of hydrogen-bond acceptors (Lipinski definition) is 6. The molecule has 1 aromatic carbocycles. The molecular weight excluding hydrogens is 330 g/mol. The van der Waals surface area contributed by atoms with Crippen LogP contribution in [0.15, 0.2) is 36.4 Å². The van der Waals surface area contributed by atoms with Crippen LogP contribution in [-0.2, 0) is 9.53 Å². The molecule has 0 bridgehead atoms. The minimum absolute atomic E-state index is 0.0180. The van der Waals surface area contributed by atoms with Crippen molar-refractivity contribution in [2.45, 2.75) is 31.7 Å². The van der Waals surface area contributed by atoms with Gasteiger partial charge in [-0.25, -0.2) is 0 Å². The van der Waals surface area contributed by atoms with E-state index in [1.165, 1.54) is 7.11 Å². The van der Waals surface area contributed by atoms with Gasteiger partial charge in [0.15, 0.2) is 0 Å². The van der Waals surface area contributed by atoms with Gasteiger partial charge in [-0.3, -0.25) is 10.2 Å². The maximum Gasteiger partial charge on any atom is 0.308 e. The van der Waals surface area contributed by atoms with E-state index in [4.69, 9.17) is 15.9 Å². The van der Waals surface area contributed by atoms with Gasteiger partial charge in [0, 0.05) is 17.2 Å². The van der Waals surface area contributed by atoms with Gasteiger partial charge in [-0.2, -0.15) is 0 Å². The van der Waals surface area contributed by atoms with E-state index >= 15 is 0 Å². The summed E-state index contributed by atoms with van der Waals surface area (Å²) in [5, 5.41) is 19.3. The van der Waals surface area contributed by atoms with Gasteiger partial charge in [-0.1, -0.05) is 24.3 Å². The summed E-state index contributed by atoms with van der Waals surface area (Å²) in [4.78, 5) is 11.6. The molecule has 1 saturated carbocycles. The van der Waals surface area contributed by atoms with Crippen molar-refractivity contribution in [1.82, 2.24) is 10.2 Å². The number of hydrogen-bond donors (Lipinski definition) is 3. The molecule has 7 nitrogen and oxygen atoms in total. The quantitative estimate of drug-likeness (QED) is 0.432. The predicted octanol–water partition coefficient (Wildman–Crippen LogP) is 2.57. The molecule has 0 unspecified atom stereocenters. The molecule has 0 spiro atoms. The number of methoxy groups -OCH3 is 1. The molecule has 3 rings (SSSR count). The first kappa shape index (κ1) is 17.8. The Morgan fingerprint density at radius 3 is 2.35 bits per heavy atom. The Hall–Kier alpha value is -2.96. The van der Waals surface area contributed by atoms with E-state index < -0.39 is 0 Å². The molecule has 7 heteroatoms. The highest BCUT2D eigenvalue weighted by molar-refractivity contribution is 5.95. The van der Waals surface area contributed by atoms with E-state index in [1.807, 2.05) is 24.3 Å². The van der Waals surface area contributed by atoms with Gasteiger partial charge in [-0.05, 0) is 37.8 Å². The molecule has 136 valence electrons. The number of carbonyl (C=O) groups is 1. The fourth-order valence-electron chi connectivity index (χ4n) is 3.23. The smallest absolute Gasteiger partial charge is 0.308 e. The molecule has 1 fully saturated rings. The van der Waals surface area contributed by atoms with Crippen LogP contribution in [-0.4, -0.2) is 35.2 Å². The number of anilines is 1. The zero-order valence-electron chi connectivity index (χ0n) is 14.7. The van der Waals surface area contributed by atoms with Crippen molar-refractivity contribution < 1.29 is 9.53 Å². The number of nitrogens with zero attached hydrogens (tertiary/aromatic N) is 2. The van der Waals surface area contributed by atoms with Crippen LogP contribution in [0.4, 0.5) is 5.82 Å². The third-order valence-electron chi connectivity index (χ3n) is 4.77. The summed E-state index contributed by atoms with van der Waals surface area (Å²) in [5.41, 5.74) is 7.84. The summed E-state index contributed by atoms with van der Waals surface area (Å²) in [5.74, 6) is 0.688. The van der Waals surface area contributed by atoms with Crippen LogP contribution in [0.25, 0.3) is 11.3 Å². The number of ether oxygens (including phenoxy) is 1. The van der Waals surface area contributed by atoms with E-state index in [1.54, 1.807) is 12.1 Å². The molecule has 1 aromatic heterocycles.